The van der Waals surface area contributed by atoms with Gasteiger partial charge in [0, 0.05) is 6.61 Å². The molecule has 1 nitrogen and oxygen atoms in total. The summed E-state index contributed by atoms with van der Waals surface area (Å²) in [6.07, 6.45) is 0. The van der Waals surface area contributed by atoms with Gasteiger partial charge < -0.3 is 4.43 Å². The van der Waals surface area contributed by atoms with E-state index < -0.39 is 8.07 Å². The third-order valence-electron chi connectivity index (χ3n) is 1.87. The Morgan fingerprint density at radius 1 is 1.55 bits per heavy atom. The predicted molar refractivity (Wildman–Crippen MR) is 57.5 cm³/mol. The van der Waals surface area contributed by atoms with Crippen LogP contribution in [0.25, 0.3) is 0 Å². The zero-order valence-corrected chi connectivity index (χ0v) is 10.4. The van der Waals surface area contributed by atoms with Gasteiger partial charge in [-0.3, -0.25) is 0 Å². The average Bonchev–Trinajstić information content (AvgIpc) is 1.99. The number of rotatable bonds is 6. The Morgan fingerprint density at radius 2 is 2.18 bits per heavy atom. The molecule has 0 radical (unpaired) electrons. The molecule has 0 unspecified atom stereocenters. The molecule has 0 bridgehead atoms. The quantitative estimate of drug-likeness (QED) is 0.457. The normalized spacial score (nSPS) is 12.6. The van der Waals surface area contributed by atoms with Crippen LogP contribution in [-0.4, -0.2) is 24.4 Å². The molecule has 0 aromatic carbocycles. The maximum atomic E-state index is 5.40. The van der Waals surface area contributed by atoms with Crippen molar-refractivity contribution in [3.8, 4) is 0 Å². The molecule has 0 aromatic heterocycles. The van der Waals surface area contributed by atoms with Crippen molar-refractivity contribution in [1.29, 1.82) is 0 Å². The van der Waals surface area contributed by atoms with E-state index in [2.05, 4.69) is 32.3 Å². The van der Waals surface area contributed by atoms with Crippen LogP contribution in [0.5, 0.6) is 0 Å². The third kappa shape index (κ3) is 6.53. The molecule has 0 aromatic rings. The van der Waals surface area contributed by atoms with Gasteiger partial charge in [-0.25, -0.2) is 0 Å². The van der Waals surface area contributed by atoms with E-state index in [0.717, 1.165) is 6.61 Å². The third-order valence-corrected chi connectivity index (χ3v) is 6.66. The van der Waals surface area contributed by atoms with Crippen molar-refractivity contribution >= 4 is 17.8 Å². The van der Waals surface area contributed by atoms with E-state index in [1.165, 1.54) is 12.1 Å². The van der Waals surface area contributed by atoms with Crippen LogP contribution >= 0.6 is 0 Å². The summed E-state index contributed by atoms with van der Waals surface area (Å²) in [5.74, 6) is 0. The van der Waals surface area contributed by atoms with Gasteiger partial charge in [-0.2, -0.15) is 0 Å². The lowest BCUT2D eigenvalue weighted by Crippen LogP contribution is -2.22. The second-order valence-electron chi connectivity index (χ2n) is 3.49. The molecule has 0 saturated heterocycles. The maximum absolute atomic E-state index is 5.40. The average molecular weight is 188 g/mol. The molecule has 0 atom stereocenters. The summed E-state index contributed by atoms with van der Waals surface area (Å²) >= 11 is 0. The minimum absolute atomic E-state index is 0.191. The van der Waals surface area contributed by atoms with Crippen molar-refractivity contribution in [1.82, 2.24) is 0 Å². The summed E-state index contributed by atoms with van der Waals surface area (Å²) in [6, 6.07) is 2.70. The fourth-order valence-electron chi connectivity index (χ4n) is 0.876. The van der Waals surface area contributed by atoms with Gasteiger partial charge in [-0.05, 0) is 13.0 Å². The Bertz CT molecular complexity index is 113. The number of hydrogen-bond acceptors (Lipinski definition) is 1. The van der Waals surface area contributed by atoms with Crippen LogP contribution in [0.15, 0.2) is 12.3 Å². The SMILES string of the molecule is C=C[Si](C)(C)CC[SiH2]OCC. The molecule has 0 rings (SSSR count). The van der Waals surface area contributed by atoms with Crippen molar-refractivity contribution in [3.63, 3.8) is 0 Å². The smallest absolute Gasteiger partial charge is 0.161 e. The van der Waals surface area contributed by atoms with Crippen LogP contribution < -0.4 is 0 Å². The largest absolute Gasteiger partial charge is 0.424 e. The Morgan fingerprint density at radius 3 is 2.64 bits per heavy atom. The van der Waals surface area contributed by atoms with E-state index in [4.69, 9.17) is 4.43 Å². The van der Waals surface area contributed by atoms with Crippen molar-refractivity contribution in [2.75, 3.05) is 6.61 Å². The minimum Gasteiger partial charge on any atom is -0.424 e. The molecular formula is C8H20OSi2. The van der Waals surface area contributed by atoms with E-state index in [1.807, 2.05) is 0 Å². The Balaban J connectivity index is 3.30. The first-order valence-corrected chi connectivity index (χ1v) is 9.20. The Hall–Kier alpha value is 0.134. The van der Waals surface area contributed by atoms with E-state index in [1.54, 1.807) is 0 Å². The van der Waals surface area contributed by atoms with Gasteiger partial charge in [-0.1, -0.05) is 19.1 Å². The molecule has 0 amide bonds. The molecule has 0 N–H and O–H groups in total. The highest BCUT2D eigenvalue weighted by molar-refractivity contribution is 6.82. The van der Waals surface area contributed by atoms with Crippen LogP contribution in [0.4, 0.5) is 0 Å². The molecule has 0 aliphatic rings. The van der Waals surface area contributed by atoms with E-state index in [-0.39, 0.29) is 9.76 Å². The van der Waals surface area contributed by atoms with Gasteiger partial charge >= 0.3 is 0 Å². The first-order chi connectivity index (χ1) is 5.12. The maximum Gasteiger partial charge on any atom is 0.161 e. The Kier molecular flexibility index (Phi) is 5.81. The van der Waals surface area contributed by atoms with Gasteiger partial charge in [0.25, 0.3) is 0 Å². The van der Waals surface area contributed by atoms with Crippen molar-refractivity contribution in [2.45, 2.75) is 32.1 Å². The molecule has 0 saturated carbocycles. The van der Waals surface area contributed by atoms with Gasteiger partial charge in [0.1, 0.15) is 0 Å². The van der Waals surface area contributed by atoms with Gasteiger partial charge in [0.05, 0.1) is 8.07 Å². The van der Waals surface area contributed by atoms with Gasteiger partial charge in [0.2, 0.25) is 0 Å². The fraction of sp³-hybridized carbons (Fsp3) is 0.750. The zero-order chi connectivity index (χ0) is 8.74. The summed E-state index contributed by atoms with van der Waals surface area (Å²) in [7, 11) is -1.20. The fourth-order valence-corrected chi connectivity index (χ4v) is 5.80. The molecule has 0 aliphatic heterocycles. The first kappa shape index (κ1) is 11.1. The topological polar surface area (TPSA) is 9.23 Å². The van der Waals surface area contributed by atoms with E-state index >= 15 is 0 Å². The summed E-state index contributed by atoms with van der Waals surface area (Å²) < 4.78 is 5.40. The minimum atomic E-state index is -1.01. The van der Waals surface area contributed by atoms with Crippen LogP contribution in [0.3, 0.4) is 0 Å². The van der Waals surface area contributed by atoms with Crippen molar-refractivity contribution in [3.05, 3.63) is 12.3 Å². The molecule has 0 fully saturated rings. The van der Waals surface area contributed by atoms with Crippen LogP contribution in [0.2, 0.25) is 25.2 Å². The lowest BCUT2D eigenvalue weighted by Gasteiger charge is -2.15. The molecular weight excluding hydrogens is 168 g/mol. The molecule has 0 spiro atoms. The Labute approximate surface area is 73.8 Å². The molecule has 0 heterocycles. The van der Waals surface area contributed by atoms with Crippen LogP contribution in [0.1, 0.15) is 6.92 Å². The lowest BCUT2D eigenvalue weighted by atomic mass is 10.9. The van der Waals surface area contributed by atoms with Crippen LogP contribution in [0, 0.1) is 0 Å². The summed E-state index contributed by atoms with van der Waals surface area (Å²) in [5, 5.41) is 0. The van der Waals surface area contributed by atoms with E-state index in [9.17, 15) is 0 Å². The molecule has 3 heteroatoms. The standard InChI is InChI=1S/C8H20OSi2/c1-5-9-10-7-8-11(3,4)6-2/h6H,2,5,7-8,10H2,1,3-4H3. The first-order valence-electron chi connectivity index (χ1n) is 4.33. The van der Waals surface area contributed by atoms with Gasteiger partial charge in [-0.15, -0.1) is 12.3 Å². The van der Waals surface area contributed by atoms with Crippen LogP contribution in [-0.2, 0) is 4.43 Å². The highest BCUT2D eigenvalue weighted by Gasteiger charge is 2.14. The predicted octanol–water partition coefficient (Wildman–Crippen LogP) is 1.96. The summed E-state index contributed by atoms with van der Waals surface area (Å²) in [6.45, 7) is 11.6. The number of hydrogen-bond donors (Lipinski definition) is 0. The molecule has 66 valence electrons. The monoisotopic (exact) mass is 188 g/mol. The highest BCUT2D eigenvalue weighted by Crippen LogP contribution is 2.12. The van der Waals surface area contributed by atoms with Crippen molar-refractivity contribution in [2.24, 2.45) is 0 Å². The zero-order valence-electron chi connectivity index (χ0n) is 8.02. The highest BCUT2D eigenvalue weighted by atomic mass is 28.3. The van der Waals surface area contributed by atoms with E-state index in [0.29, 0.717) is 0 Å². The van der Waals surface area contributed by atoms with Gasteiger partial charge in [0.15, 0.2) is 9.76 Å². The second kappa shape index (κ2) is 5.74. The van der Waals surface area contributed by atoms with Crippen molar-refractivity contribution < 1.29 is 4.43 Å². The summed E-state index contributed by atoms with van der Waals surface area (Å²) in [5.41, 5.74) is 2.17. The molecule has 11 heavy (non-hydrogen) atoms. The summed E-state index contributed by atoms with van der Waals surface area (Å²) in [4.78, 5) is 0. The molecule has 0 aliphatic carbocycles. The lowest BCUT2D eigenvalue weighted by molar-refractivity contribution is 0.360. The second-order valence-corrected chi connectivity index (χ2v) is 9.90.